The fourth-order valence-electron chi connectivity index (χ4n) is 1.86. The minimum atomic E-state index is -3.19. The lowest BCUT2D eigenvalue weighted by Crippen LogP contribution is -2.13. The van der Waals surface area contributed by atoms with E-state index in [1.54, 1.807) is 24.3 Å². The largest absolute Gasteiger partial charge is 0.309 e. The lowest BCUT2D eigenvalue weighted by Gasteiger charge is -2.06. The van der Waals surface area contributed by atoms with Crippen LogP contribution < -0.4 is 5.32 Å². The van der Waals surface area contributed by atoms with Crippen molar-refractivity contribution < 1.29 is 17.2 Å². The van der Waals surface area contributed by atoms with Gasteiger partial charge in [-0.2, -0.15) is 0 Å². The third-order valence-corrected chi connectivity index (χ3v) is 4.12. The molecule has 0 spiro atoms. The topological polar surface area (TPSA) is 46.2 Å². The van der Waals surface area contributed by atoms with Crippen LogP contribution >= 0.6 is 0 Å². The van der Waals surface area contributed by atoms with Crippen molar-refractivity contribution in [2.24, 2.45) is 0 Å². The molecule has 0 radical (unpaired) electrons. The summed E-state index contributed by atoms with van der Waals surface area (Å²) < 4.78 is 48.4. The fourth-order valence-corrected chi connectivity index (χ4v) is 2.49. The molecule has 0 aromatic heterocycles. The van der Waals surface area contributed by atoms with Crippen molar-refractivity contribution in [1.82, 2.24) is 5.32 Å². The molecule has 1 N–H and O–H groups in total. The Bertz CT molecular complexity index is 728. The van der Waals surface area contributed by atoms with Gasteiger partial charge in [-0.15, -0.1) is 0 Å². The van der Waals surface area contributed by atoms with E-state index in [1.807, 2.05) is 0 Å². The van der Waals surface area contributed by atoms with Crippen molar-refractivity contribution >= 4 is 9.84 Å². The molecule has 0 amide bonds. The van der Waals surface area contributed by atoms with Crippen LogP contribution in [-0.2, 0) is 22.9 Å². The van der Waals surface area contributed by atoms with E-state index in [0.717, 1.165) is 24.0 Å². The minimum absolute atomic E-state index is 0.270. The highest BCUT2D eigenvalue weighted by atomic mass is 32.2. The quantitative estimate of drug-likeness (QED) is 0.923. The summed E-state index contributed by atoms with van der Waals surface area (Å²) in [5.41, 5.74) is 1.55. The van der Waals surface area contributed by atoms with E-state index in [2.05, 4.69) is 5.32 Å². The van der Waals surface area contributed by atoms with Crippen molar-refractivity contribution in [2.75, 3.05) is 6.26 Å². The van der Waals surface area contributed by atoms with E-state index in [0.29, 0.717) is 18.7 Å². The molecule has 112 valence electrons. The van der Waals surface area contributed by atoms with Crippen molar-refractivity contribution in [3.05, 3.63) is 65.2 Å². The number of halogens is 2. The van der Waals surface area contributed by atoms with E-state index in [4.69, 9.17) is 0 Å². The molecule has 0 atom stereocenters. The lowest BCUT2D eigenvalue weighted by atomic mass is 10.2. The first-order valence-corrected chi connectivity index (χ1v) is 8.19. The molecule has 0 aliphatic carbocycles. The smallest absolute Gasteiger partial charge is 0.175 e. The van der Waals surface area contributed by atoms with Crippen LogP contribution in [0.2, 0.25) is 0 Å². The van der Waals surface area contributed by atoms with E-state index in [-0.39, 0.29) is 4.90 Å². The minimum Gasteiger partial charge on any atom is -0.309 e. The van der Waals surface area contributed by atoms with E-state index < -0.39 is 21.5 Å². The van der Waals surface area contributed by atoms with Gasteiger partial charge in [0.15, 0.2) is 21.5 Å². The standard InChI is InChI=1S/C15H15F2NO2S/c1-21(19,20)13-5-2-11(3-6-13)9-18-10-12-4-7-14(16)15(17)8-12/h2-8,18H,9-10H2,1H3. The Morgan fingerprint density at radius 2 is 1.48 bits per heavy atom. The molecule has 2 rings (SSSR count). The van der Waals surface area contributed by atoms with Crippen LogP contribution in [0, 0.1) is 11.6 Å². The Balaban J connectivity index is 1.93. The monoisotopic (exact) mass is 311 g/mol. The summed E-state index contributed by atoms with van der Waals surface area (Å²) >= 11 is 0. The summed E-state index contributed by atoms with van der Waals surface area (Å²) in [6, 6.07) is 10.3. The van der Waals surface area contributed by atoms with Gasteiger partial charge in [-0.1, -0.05) is 18.2 Å². The molecule has 0 saturated carbocycles. The van der Waals surface area contributed by atoms with Gasteiger partial charge in [-0.25, -0.2) is 17.2 Å². The predicted molar refractivity (Wildman–Crippen MR) is 76.5 cm³/mol. The molecule has 0 bridgehead atoms. The third kappa shape index (κ3) is 4.34. The Hall–Kier alpha value is -1.79. The first kappa shape index (κ1) is 15.6. The molecule has 3 nitrogen and oxygen atoms in total. The molecular formula is C15H15F2NO2S. The maximum Gasteiger partial charge on any atom is 0.175 e. The first-order valence-electron chi connectivity index (χ1n) is 6.30. The SMILES string of the molecule is CS(=O)(=O)c1ccc(CNCc2ccc(F)c(F)c2)cc1. The maximum absolute atomic E-state index is 13.0. The van der Waals surface area contributed by atoms with Crippen molar-refractivity contribution in [3.8, 4) is 0 Å². The van der Waals surface area contributed by atoms with Crippen LogP contribution in [0.25, 0.3) is 0 Å². The Morgan fingerprint density at radius 1 is 0.905 bits per heavy atom. The lowest BCUT2D eigenvalue weighted by molar-refractivity contribution is 0.506. The molecule has 0 unspecified atom stereocenters. The van der Waals surface area contributed by atoms with Gasteiger partial charge in [0.1, 0.15) is 0 Å². The summed E-state index contributed by atoms with van der Waals surface area (Å²) in [6.45, 7) is 0.897. The van der Waals surface area contributed by atoms with Crippen LogP contribution in [0.5, 0.6) is 0 Å². The average Bonchev–Trinajstić information content (AvgIpc) is 2.42. The third-order valence-electron chi connectivity index (χ3n) is 2.99. The molecule has 0 aliphatic rings. The number of hydrogen-bond acceptors (Lipinski definition) is 3. The van der Waals surface area contributed by atoms with Gasteiger partial charge in [0.25, 0.3) is 0 Å². The second-order valence-electron chi connectivity index (χ2n) is 4.77. The van der Waals surface area contributed by atoms with Crippen LogP contribution in [0.15, 0.2) is 47.4 Å². The Morgan fingerprint density at radius 3 is 2.05 bits per heavy atom. The van der Waals surface area contributed by atoms with Gasteiger partial charge < -0.3 is 5.32 Å². The van der Waals surface area contributed by atoms with Gasteiger partial charge in [0.2, 0.25) is 0 Å². The summed E-state index contributed by atoms with van der Waals surface area (Å²) in [5.74, 6) is -1.73. The highest BCUT2D eigenvalue weighted by Crippen LogP contribution is 2.11. The Kier molecular flexibility index (Phi) is 4.69. The van der Waals surface area contributed by atoms with Crippen molar-refractivity contribution in [3.63, 3.8) is 0 Å². The maximum atomic E-state index is 13.0. The number of nitrogens with one attached hydrogen (secondary N) is 1. The molecule has 0 fully saturated rings. The van der Waals surface area contributed by atoms with Crippen LogP contribution in [0.4, 0.5) is 8.78 Å². The molecule has 21 heavy (non-hydrogen) atoms. The zero-order chi connectivity index (χ0) is 15.5. The van der Waals surface area contributed by atoms with E-state index >= 15 is 0 Å². The van der Waals surface area contributed by atoms with Gasteiger partial charge >= 0.3 is 0 Å². The molecule has 0 aliphatic heterocycles. The van der Waals surface area contributed by atoms with Gasteiger partial charge in [0, 0.05) is 19.3 Å². The molecule has 6 heteroatoms. The normalized spacial score (nSPS) is 11.6. The molecule has 0 saturated heterocycles. The second-order valence-corrected chi connectivity index (χ2v) is 6.78. The summed E-state index contributed by atoms with van der Waals surface area (Å²) in [7, 11) is -3.19. The fraction of sp³-hybridized carbons (Fsp3) is 0.200. The summed E-state index contributed by atoms with van der Waals surface area (Å²) in [5, 5.41) is 3.08. The number of benzene rings is 2. The van der Waals surface area contributed by atoms with Gasteiger partial charge in [0.05, 0.1) is 4.90 Å². The number of sulfone groups is 1. The number of rotatable bonds is 5. The van der Waals surface area contributed by atoms with Crippen molar-refractivity contribution in [1.29, 1.82) is 0 Å². The zero-order valence-electron chi connectivity index (χ0n) is 11.4. The molecule has 0 heterocycles. The van der Waals surface area contributed by atoms with Crippen LogP contribution in [0.3, 0.4) is 0 Å². The average molecular weight is 311 g/mol. The first-order chi connectivity index (χ1) is 9.86. The highest BCUT2D eigenvalue weighted by Gasteiger charge is 2.06. The van der Waals surface area contributed by atoms with E-state index in [1.165, 1.54) is 6.07 Å². The van der Waals surface area contributed by atoms with Gasteiger partial charge in [-0.05, 0) is 35.4 Å². The van der Waals surface area contributed by atoms with Crippen molar-refractivity contribution in [2.45, 2.75) is 18.0 Å². The zero-order valence-corrected chi connectivity index (χ0v) is 12.3. The summed E-state index contributed by atoms with van der Waals surface area (Å²) in [6.07, 6.45) is 1.16. The Labute approximate surface area is 122 Å². The molecule has 2 aromatic carbocycles. The van der Waals surface area contributed by atoms with Crippen LogP contribution in [-0.4, -0.2) is 14.7 Å². The predicted octanol–water partition coefficient (Wildman–Crippen LogP) is 2.66. The van der Waals surface area contributed by atoms with E-state index in [9.17, 15) is 17.2 Å². The summed E-state index contributed by atoms with van der Waals surface area (Å²) in [4.78, 5) is 0.270. The highest BCUT2D eigenvalue weighted by molar-refractivity contribution is 7.90. The van der Waals surface area contributed by atoms with Gasteiger partial charge in [-0.3, -0.25) is 0 Å². The molecular weight excluding hydrogens is 296 g/mol. The second kappa shape index (κ2) is 6.32. The number of hydrogen-bond donors (Lipinski definition) is 1. The van der Waals surface area contributed by atoms with Crippen LogP contribution in [0.1, 0.15) is 11.1 Å². The molecule has 2 aromatic rings.